The molecule has 0 spiro atoms. The van der Waals surface area contributed by atoms with E-state index in [-0.39, 0.29) is 0 Å². The van der Waals surface area contributed by atoms with Gasteiger partial charge in [0.15, 0.2) is 0 Å². The summed E-state index contributed by atoms with van der Waals surface area (Å²) in [7, 11) is 0. The van der Waals surface area contributed by atoms with Gasteiger partial charge in [0.05, 0.1) is 6.54 Å². The Morgan fingerprint density at radius 3 is 3.00 bits per heavy atom. The van der Waals surface area contributed by atoms with Crippen LogP contribution < -0.4 is 5.32 Å². The van der Waals surface area contributed by atoms with Crippen molar-refractivity contribution in [1.82, 2.24) is 25.5 Å². The molecule has 6 heteroatoms. The molecule has 1 N–H and O–H groups in total. The minimum atomic E-state index is 0.512. The first kappa shape index (κ1) is 12.8. The number of tetrazole rings is 1. The van der Waals surface area contributed by atoms with Crippen LogP contribution in [0.15, 0.2) is 5.16 Å². The zero-order valence-electron chi connectivity index (χ0n) is 10.6. The van der Waals surface area contributed by atoms with Crippen molar-refractivity contribution in [2.24, 2.45) is 5.92 Å². The monoisotopic (exact) mass is 255 g/mol. The Labute approximate surface area is 107 Å². The number of rotatable bonds is 8. The quantitative estimate of drug-likeness (QED) is 0.715. The standard InChI is InChI=1S/C11H21N5S/c1-9(2)12-6-7-16-11(13-14-15-16)17-8-5-10-3-4-10/h9-10,12H,3-8H2,1-2H3. The first-order valence-electron chi connectivity index (χ1n) is 6.38. The molecule has 0 unspecified atom stereocenters. The topological polar surface area (TPSA) is 55.6 Å². The van der Waals surface area contributed by atoms with Gasteiger partial charge in [0.25, 0.3) is 0 Å². The first-order valence-corrected chi connectivity index (χ1v) is 7.36. The van der Waals surface area contributed by atoms with Crippen molar-refractivity contribution < 1.29 is 0 Å². The van der Waals surface area contributed by atoms with Crippen LogP contribution in [0.3, 0.4) is 0 Å². The Kier molecular flexibility index (Phi) is 4.79. The highest BCUT2D eigenvalue weighted by molar-refractivity contribution is 7.99. The molecule has 0 aliphatic heterocycles. The van der Waals surface area contributed by atoms with Gasteiger partial charge < -0.3 is 5.32 Å². The van der Waals surface area contributed by atoms with Crippen LogP contribution in [0.4, 0.5) is 0 Å². The van der Waals surface area contributed by atoms with Gasteiger partial charge in [-0.25, -0.2) is 4.68 Å². The highest BCUT2D eigenvalue weighted by Gasteiger charge is 2.20. The average molecular weight is 255 g/mol. The normalized spacial score (nSPS) is 15.7. The highest BCUT2D eigenvalue weighted by Crippen LogP contribution is 2.34. The van der Waals surface area contributed by atoms with Crippen LogP contribution in [0.5, 0.6) is 0 Å². The summed E-state index contributed by atoms with van der Waals surface area (Å²) in [5.74, 6) is 2.12. The Hall–Kier alpha value is -0.620. The van der Waals surface area contributed by atoms with Gasteiger partial charge in [-0.05, 0) is 22.8 Å². The molecule has 2 rings (SSSR count). The van der Waals surface area contributed by atoms with Gasteiger partial charge in [0.2, 0.25) is 5.16 Å². The van der Waals surface area contributed by atoms with Crippen LogP contribution in [-0.2, 0) is 6.54 Å². The Morgan fingerprint density at radius 1 is 1.47 bits per heavy atom. The Bertz CT molecular complexity index is 312. The number of thioether (sulfide) groups is 1. The van der Waals surface area contributed by atoms with Crippen molar-refractivity contribution in [1.29, 1.82) is 0 Å². The van der Waals surface area contributed by atoms with Crippen LogP contribution in [0.25, 0.3) is 0 Å². The molecule has 0 bridgehead atoms. The maximum absolute atomic E-state index is 4.07. The Balaban J connectivity index is 1.70. The molecule has 0 amide bonds. The predicted molar refractivity (Wildman–Crippen MR) is 69.0 cm³/mol. The van der Waals surface area contributed by atoms with Crippen molar-refractivity contribution in [3.05, 3.63) is 0 Å². The second-order valence-corrected chi connectivity index (χ2v) is 5.94. The minimum absolute atomic E-state index is 0.512. The van der Waals surface area contributed by atoms with Crippen molar-refractivity contribution in [2.45, 2.75) is 50.9 Å². The number of aromatic nitrogens is 4. The third-order valence-corrected chi connectivity index (χ3v) is 3.82. The fraction of sp³-hybridized carbons (Fsp3) is 0.909. The van der Waals surface area contributed by atoms with E-state index >= 15 is 0 Å². The molecule has 1 heterocycles. The van der Waals surface area contributed by atoms with Crippen molar-refractivity contribution >= 4 is 11.8 Å². The lowest BCUT2D eigenvalue weighted by Gasteiger charge is -2.08. The van der Waals surface area contributed by atoms with Gasteiger partial charge in [-0.3, -0.25) is 0 Å². The van der Waals surface area contributed by atoms with Crippen LogP contribution in [-0.4, -0.2) is 38.5 Å². The molecule has 0 atom stereocenters. The fourth-order valence-corrected chi connectivity index (χ4v) is 2.63. The zero-order chi connectivity index (χ0) is 12.1. The third kappa shape index (κ3) is 4.63. The molecule has 5 nitrogen and oxygen atoms in total. The van der Waals surface area contributed by atoms with E-state index in [2.05, 4.69) is 34.7 Å². The molecule has 1 aliphatic carbocycles. The van der Waals surface area contributed by atoms with Gasteiger partial charge in [-0.2, -0.15) is 0 Å². The maximum Gasteiger partial charge on any atom is 0.209 e. The van der Waals surface area contributed by atoms with Crippen LogP contribution in [0, 0.1) is 5.92 Å². The van der Waals surface area contributed by atoms with Gasteiger partial charge in [-0.15, -0.1) is 5.10 Å². The summed E-state index contributed by atoms with van der Waals surface area (Å²) < 4.78 is 1.90. The van der Waals surface area contributed by atoms with E-state index in [1.807, 2.05) is 4.68 Å². The van der Waals surface area contributed by atoms with Crippen molar-refractivity contribution in [3.8, 4) is 0 Å². The predicted octanol–water partition coefficient (Wildman–Crippen LogP) is 1.56. The third-order valence-electron chi connectivity index (χ3n) is 2.83. The number of nitrogens with zero attached hydrogens (tertiary/aromatic N) is 4. The number of hydrogen-bond acceptors (Lipinski definition) is 5. The van der Waals surface area contributed by atoms with Crippen LogP contribution in [0.1, 0.15) is 33.1 Å². The minimum Gasteiger partial charge on any atom is -0.313 e. The van der Waals surface area contributed by atoms with Crippen LogP contribution >= 0.6 is 11.8 Å². The highest BCUT2D eigenvalue weighted by atomic mass is 32.2. The SMILES string of the molecule is CC(C)NCCn1nnnc1SCCC1CC1. The lowest BCUT2D eigenvalue weighted by Crippen LogP contribution is -2.27. The van der Waals surface area contributed by atoms with E-state index in [0.717, 1.165) is 29.9 Å². The molecular formula is C11H21N5S. The summed E-state index contributed by atoms with van der Waals surface area (Å²) >= 11 is 1.78. The average Bonchev–Trinajstić information content (AvgIpc) is 2.99. The summed E-state index contributed by atoms with van der Waals surface area (Å²) in [6, 6.07) is 0.512. The van der Waals surface area contributed by atoms with Crippen LogP contribution in [0.2, 0.25) is 0 Å². The molecule has 1 aliphatic rings. The van der Waals surface area contributed by atoms with E-state index < -0.39 is 0 Å². The second kappa shape index (κ2) is 6.35. The fourth-order valence-electron chi connectivity index (χ4n) is 1.62. The lowest BCUT2D eigenvalue weighted by molar-refractivity contribution is 0.485. The molecule has 96 valence electrons. The van der Waals surface area contributed by atoms with Gasteiger partial charge in [-0.1, -0.05) is 38.5 Å². The smallest absolute Gasteiger partial charge is 0.209 e. The molecular weight excluding hydrogens is 234 g/mol. The summed E-state index contributed by atoms with van der Waals surface area (Å²) in [5.41, 5.74) is 0. The summed E-state index contributed by atoms with van der Waals surface area (Å²) in [4.78, 5) is 0. The van der Waals surface area contributed by atoms with Gasteiger partial charge >= 0.3 is 0 Å². The molecule has 0 aromatic carbocycles. The second-order valence-electron chi connectivity index (χ2n) is 4.87. The van der Waals surface area contributed by atoms with Crippen molar-refractivity contribution in [3.63, 3.8) is 0 Å². The molecule has 0 radical (unpaired) electrons. The summed E-state index contributed by atoms with van der Waals surface area (Å²) in [6.07, 6.45) is 4.15. The lowest BCUT2D eigenvalue weighted by atomic mass is 10.3. The largest absolute Gasteiger partial charge is 0.313 e. The first-order chi connectivity index (χ1) is 8.25. The summed E-state index contributed by atoms with van der Waals surface area (Å²) in [6.45, 7) is 6.05. The van der Waals surface area contributed by atoms with Gasteiger partial charge in [0.1, 0.15) is 0 Å². The zero-order valence-corrected chi connectivity index (χ0v) is 11.4. The van der Waals surface area contributed by atoms with E-state index in [0.29, 0.717) is 6.04 Å². The molecule has 1 aromatic heterocycles. The molecule has 1 aromatic rings. The molecule has 0 saturated heterocycles. The molecule has 1 fully saturated rings. The molecule has 17 heavy (non-hydrogen) atoms. The number of hydrogen-bond donors (Lipinski definition) is 1. The van der Waals surface area contributed by atoms with Gasteiger partial charge in [0, 0.05) is 18.3 Å². The Morgan fingerprint density at radius 2 is 2.29 bits per heavy atom. The maximum atomic E-state index is 4.07. The summed E-state index contributed by atoms with van der Waals surface area (Å²) in [5, 5.41) is 16.2. The van der Waals surface area contributed by atoms with E-state index in [4.69, 9.17) is 0 Å². The van der Waals surface area contributed by atoms with E-state index in [9.17, 15) is 0 Å². The van der Waals surface area contributed by atoms with E-state index in [1.165, 1.54) is 19.3 Å². The van der Waals surface area contributed by atoms with E-state index in [1.54, 1.807) is 11.8 Å². The number of nitrogens with one attached hydrogen (secondary N) is 1. The van der Waals surface area contributed by atoms with Crippen molar-refractivity contribution in [2.75, 3.05) is 12.3 Å². The molecule has 1 saturated carbocycles.